The lowest BCUT2D eigenvalue weighted by Gasteiger charge is -2.10. The van der Waals surface area contributed by atoms with Crippen LogP contribution < -0.4 is 5.32 Å². The predicted octanol–water partition coefficient (Wildman–Crippen LogP) is 4.66. The van der Waals surface area contributed by atoms with Gasteiger partial charge in [0.15, 0.2) is 16.4 Å². The topological polar surface area (TPSA) is 134 Å². The second kappa shape index (κ2) is 10.2. The zero-order valence-corrected chi connectivity index (χ0v) is 18.8. The van der Waals surface area contributed by atoms with E-state index in [0.717, 1.165) is 6.26 Å². The summed E-state index contributed by atoms with van der Waals surface area (Å²) in [4.78, 5) is 24.7. The molecule has 2 N–H and O–H groups in total. The van der Waals surface area contributed by atoms with Crippen LogP contribution in [0.4, 0.5) is 17.1 Å². The van der Waals surface area contributed by atoms with Crippen molar-refractivity contribution in [3.05, 3.63) is 77.3 Å². The number of hydrogen-bond donors (Lipinski definition) is 2. The van der Waals surface area contributed by atoms with Crippen molar-refractivity contribution in [1.29, 1.82) is 0 Å². The van der Waals surface area contributed by atoms with Crippen molar-refractivity contribution in [3.63, 3.8) is 0 Å². The number of amides is 1. The molecule has 33 heavy (non-hydrogen) atoms. The molecule has 0 aliphatic rings. The number of carbonyl (C=O) groups excluding carboxylic acids is 2. The molecule has 0 bridgehead atoms. The Labute approximate surface area is 194 Å². The second-order valence-electron chi connectivity index (χ2n) is 6.77. The molecule has 0 aromatic heterocycles. The molecule has 0 saturated carbocycles. The number of phenols is 1. The summed E-state index contributed by atoms with van der Waals surface area (Å²) in [6.07, 6.45) is 1.03. The third kappa shape index (κ3) is 6.61. The fourth-order valence-electron chi connectivity index (χ4n) is 2.59. The van der Waals surface area contributed by atoms with Crippen LogP contribution in [0, 0.1) is 0 Å². The number of ether oxygens (including phenoxy) is 1. The highest BCUT2D eigenvalue weighted by Crippen LogP contribution is 2.26. The number of nitrogens with one attached hydrogen (secondary N) is 1. The number of anilines is 1. The van der Waals surface area contributed by atoms with Gasteiger partial charge in [0.1, 0.15) is 11.4 Å². The van der Waals surface area contributed by atoms with Crippen molar-refractivity contribution in [3.8, 4) is 5.75 Å². The van der Waals surface area contributed by atoms with Crippen molar-refractivity contribution in [2.45, 2.75) is 4.90 Å². The largest absolute Gasteiger partial charge is 0.508 e. The number of rotatable bonds is 7. The maximum atomic E-state index is 12.5. The maximum Gasteiger partial charge on any atom is 0.340 e. The third-order valence-electron chi connectivity index (χ3n) is 4.22. The zero-order chi connectivity index (χ0) is 24.0. The van der Waals surface area contributed by atoms with E-state index in [1.807, 2.05) is 0 Å². The van der Waals surface area contributed by atoms with E-state index >= 15 is 0 Å². The molecule has 11 heteroatoms. The number of carbonyl (C=O) groups is 2. The van der Waals surface area contributed by atoms with E-state index in [2.05, 4.69) is 15.5 Å². The Morgan fingerprint density at radius 1 is 1.03 bits per heavy atom. The van der Waals surface area contributed by atoms with Crippen molar-refractivity contribution < 1.29 is 27.9 Å². The van der Waals surface area contributed by atoms with Crippen molar-refractivity contribution >= 4 is 50.4 Å². The van der Waals surface area contributed by atoms with Crippen molar-refractivity contribution in [2.24, 2.45) is 10.2 Å². The van der Waals surface area contributed by atoms with Gasteiger partial charge in [-0.1, -0.05) is 23.7 Å². The minimum Gasteiger partial charge on any atom is -0.508 e. The molecule has 0 radical (unpaired) electrons. The summed E-state index contributed by atoms with van der Waals surface area (Å²) < 4.78 is 28.4. The van der Waals surface area contributed by atoms with Crippen LogP contribution in [0.3, 0.4) is 0 Å². The summed E-state index contributed by atoms with van der Waals surface area (Å²) in [6, 6.07) is 16.2. The highest BCUT2D eigenvalue weighted by molar-refractivity contribution is 7.90. The van der Waals surface area contributed by atoms with Crippen LogP contribution in [0.25, 0.3) is 0 Å². The first-order chi connectivity index (χ1) is 15.6. The van der Waals surface area contributed by atoms with Crippen LogP contribution in [0.1, 0.15) is 10.4 Å². The van der Waals surface area contributed by atoms with E-state index in [1.54, 1.807) is 30.3 Å². The Balaban J connectivity index is 1.67. The summed E-state index contributed by atoms with van der Waals surface area (Å²) in [5.74, 6) is -1.43. The minimum atomic E-state index is -3.50. The number of esters is 1. The Morgan fingerprint density at radius 2 is 1.73 bits per heavy atom. The number of hydrogen-bond acceptors (Lipinski definition) is 8. The molecule has 3 aromatic rings. The smallest absolute Gasteiger partial charge is 0.340 e. The molecule has 0 atom stereocenters. The third-order valence-corrected chi connectivity index (χ3v) is 5.66. The Morgan fingerprint density at radius 3 is 2.42 bits per heavy atom. The highest BCUT2D eigenvalue weighted by Gasteiger charge is 2.16. The van der Waals surface area contributed by atoms with Gasteiger partial charge in [0.25, 0.3) is 5.91 Å². The van der Waals surface area contributed by atoms with Gasteiger partial charge >= 0.3 is 5.97 Å². The Hall–Kier alpha value is -3.76. The van der Waals surface area contributed by atoms with E-state index < -0.39 is 28.3 Å². The molecular formula is C22H18ClN3O6S. The second-order valence-corrected chi connectivity index (χ2v) is 9.19. The Bertz CT molecular complexity index is 1320. The molecule has 1 amide bonds. The molecule has 0 heterocycles. The fourth-order valence-corrected chi connectivity index (χ4v) is 3.40. The van der Waals surface area contributed by atoms with Gasteiger partial charge in [0, 0.05) is 6.26 Å². The van der Waals surface area contributed by atoms with E-state index in [1.165, 1.54) is 36.4 Å². The van der Waals surface area contributed by atoms with Gasteiger partial charge in [0.2, 0.25) is 0 Å². The van der Waals surface area contributed by atoms with Crippen molar-refractivity contribution in [1.82, 2.24) is 0 Å². The average Bonchev–Trinajstić information content (AvgIpc) is 2.78. The van der Waals surface area contributed by atoms with Gasteiger partial charge in [0.05, 0.1) is 26.9 Å². The lowest BCUT2D eigenvalue weighted by atomic mass is 10.2. The average molecular weight is 488 g/mol. The zero-order valence-electron chi connectivity index (χ0n) is 17.2. The lowest BCUT2D eigenvalue weighted by molar-refractivity contribution is -0.119. The first-order valence-corrected chi connectivity index (χ1v) is 11.7. The highest BCUT2D eigenvalue weighted by atomic mass is 35.5. The van der Waals surface area contributed by atoms with Gasteiger partial charge in [-0.25, -0.2) is 13.2 Å². The number of nitrogens with zero attached hydrogens (tertiary/aromatic N) is 2. The van der Waals surface area contributed by atoms with Crippen molar-refractivity contribution in [2.75, 3.05) is 18.2 Å². The monoisotopic (exact) mass is 487 g/mol. The molecule has 0 aliphatic carbocycles. The van der Waals surface area contributed by atoms with E-state index in [-0.39, 0.29) is 32.6 Å². The van der Waals surface area contributed by atoms with E-state index in [9.17, 15) is 23.1 Å². The van der Waals surface area contributed by atoms with Gasteiger partial charge < -0.3 is 15.2 Å². The predicted molar refractivity (Wildman–Crippen MR) is 122 cm³/mol. The first-order valence-electron chi connectivity index (χ1n) is 9.40. The number of azo groups is 1. The number of sulfone groups is 1. The summed E-state index contributed by atoms with van der Waals surface area (Å²) in [7, 11) is -3.50. The van der Waals surface area contributed by atoms with Crippen LogP contribution in [-0.2, 0) is 19.4 Å². The van der Waals surface area contributed by atoms with Gasteiger partial charge in [-0.05, 0) is 54.6 Å². The summed E-state index contributed by atoms with van der Waals surface area (Å²) >= 11 is 6.01. The SMILES string of the molecule is CS(=O)(=O)c1ccc(Cl)c(NC(=O)COC(=O)c2ccccc2N=Nc2ccc(O)cc2)c1. The van der Waals surface area contributed by atoms with Gasteiger partial charge in [-0.3, -0.25) is 4.79 Å². The molecule has 0 unspecified atom stereocenters. The fraction of sp³-hybridized carbons (Fsp3) is 0.0909. The first kappa shape index (κ1) is 23.9. The summed E-state index contributed by atoms with van der Waals surface area (Å²) in [5, 5.41) is 19.9. The van der Waals surface area contributed by atoms with E-state index in [4.69, 9.17) is 16.3 Å². The molecule has 3 aromatic carbocycles. The number of aromatic hydroxyl groups is 1. The number of phenolic OH excluding ortho intramolecular Hbond substituents is 1. The number of benzene rings is 3. The molecule has 9 nitrogen and oxygen atoms in total. The molecule has 0 fully saturated rings. The van der Waals surface area contributed by atoms with Crippen LogP contribution in [-0.4, -0.2) is 38.3 Å². The standard InChI is InChI=1S/C22H18ClN3O6S/c1-33(30,31)16-10-11-18(23)20(12-16)24-21(28)13-32-22(29)17-4-2-3-5-19(17)26-25-14-6-8-15(27)9-7-14/h2-12,27H,13H2,1H3,(H,24,28). The maximum absolute atomic E-state index is 12.5. The van der Waals surface area contributed by atoms with Gasteiger partial charge in [-0.15, -0.1) is 5.11 Å². The number of halogens is 1. The lowest BCUT2D eigenvalue weighted by Crippen LogP contribution is -2.21. The van der Waals surface area contributed by atoms with Crippen LogP contribution in [0.15, 0.2) is 81.9 Å². The van der Waals surface area contributed by atoms with E-state index in [0.29, 0.717) is 5.69 Å². The van der Waals surface area contributed by atoms with Crippen LogP contribution in [0.5, 0.6) is 5.75 Å². The summed E-state index contributed by atoms with van der Waals surface area (Å²) in [5.41, 5.74) is 0.845. The summed E-state index contributed by atoms with van der Waals surface area (Å²) in [6.45, 7) is -0.637. The minimum absolute atomic E-state index is 0.0212. The molecule has 0 aliphatic heterocycles. The van der Waals surface area contributed by atoms with Crippen LogP contribution in [0.2, 0.25) is 5.02 Å². The molecule has 0 spiro atoms. The Kier molecular flexibility index (Phi) is 7.41. The molecule has 0 saturated heterocycles. The molecule has 3 rings (SSSR count). The molecule has 170 valence electrons. The normalized spacial score (nSPS) is 11.3. The quantitative estimate of drug-likeness (QED) is 0.367. The molecular weight excluding hydrogens is 470 g/mol. The van der Waals surface area contributed by atoms with Gasteiger partial charge in [-0.2, -0.15) is 5.11 Å². The van der Waals surface area contributed by atoms with Crippen LogP contribution >= 0.6 is 11.6 Å².